The first-order valence-corrected chi connectivity index (χ1v) is 6.82. The van der Waals surface area contributed by atoms with Crippen molar-refractivity contribution in [1.82, 2.24) is 10.1 Å². The molecule has 1 atom stereocenters. The quantitative estimate of drug-likeness (QED) is 0.909. The Kier molecular flexibility index (Phi) is 3.94. The number of hydrogen-bond acceptors (Lipinski definition) is 4. The van der Waals surface area contributed by atoms with Crippen LogP contribution in [0, 0.1) is 5.41 Å². The van der Waals surface area contributed by atoms with Crippen molar-refractivity contribution >= 4 is 5.91 Å². The van der Waals surface area contributed by atoms with Gasteiger partial charge in [-0.05, 0) is 12.8 Å². The molecule has 0 radical (unpaired) electrons. The third-order valence-corrected chi connectivity index (χ3v) is 3.77. The highest BCUT2D eigenvalue weighted by Gasteiger charge is 2.33. The third-order valence-electron chi connectivity index (χ3n) is 3.77. The predicted molar refractivity (Wildman–Crippen MR) is 70.9 cm³/mol. The maximum Gasteiger partial charge on any atom is 0.276 e. The van der Waals surface area contributed by atoms with Crippen LogP contribution in [-0.2, 0) is 0 Å². The summed E-state index contributed by atoms with van der Waals surface area (Å²) in [6.07, 6.45) is 1.86. The van der Waals surface area contributed by atoms with Crippen LogP contribution in [0.15, 0.2) is 10.6 Å². The molecule has 1 amide bonds. The van der Waals surface area contributed by atoms with Crippen LogP contribution in [-0.4, -0.2) is 40.8 Å². The minimum Gasteiger partial charge on any atom is -0.396 e. The van der Waals surface area contributed by atoms with Crippen LogP contribution < -0.4 is 0 Å². The van der Waals surface area contributed by atoms with Gasteiger partial charge in [0.15, 0.2) is 5.69 Å². The van der Waals surface area contributed by atoms with Gasteiger partial charge in [0.25, 0.3) is 5.91 Å². The topological polar surface area (TPSA) is 66.6 Å². The Morgan fingerprint density at radius 2 is 2.37 bits per heavy atom. The minimum absolute atomic E-state index is 0.102. The maximum atomic E-state index is 12.4. The van der Waals surface area contributed by atoms with Crippen LogP contribution in [0.5, 0.6) is 0 Å². The van der Waals surface area contributed by atoms with Crippen molar-refractivity contribution in [3.63, 3.8) is 0 Å². The van der Waals surface area contributed by atoms with Gasteiger partial charge in [0, 0.05) is 30.5 Å². The molecule has 0 aromatic carbocycles. The van der Waals surface area contributed by atoms with Gasteiger partial charge < -0.3 is 14.5 Å². The molecular weight excluding hydrogens is 244 g/mol. The average Bonchev–Trinajstić information content (AvgIpc) is 2.87. The molecule has 2 rings (SSSR count). The summed E-state index contributed by atoms with van der Waals surface area (Å²) in [6.45, 7) is 7.41. The summed E-state index contributed by atoms with van der Waals surface area (Å²) in [6, 6.07) is 1.72. The number of piperidine rings is 1. The molecule has 1 unspecified atom stereocenters. The number of amides is 1. The molecule has 0 spiro atoms. The molecule has 1 saturated heterocycles. The zero-order valence-electron chi connectivity index (χ0n) is 11.8. The highest BCUT2D eigenvalue weighted by Crippen LogP contribution is 2.29. The second-order valence-electron chi connectivity index (χ2n) is 6.07. The summed E-state index contributed by atoms with van der Waals surface area (Å²) in [4.78, 5) is 14.1. The Balaban J connectivity index is 2.10. The Bertz CT molecular complexity index is 455. The molecule has 1 aromatic rings. The van der Waals surface area contributed by atoms with Crippen LogP contribution in [0.3, 0.4) is 0 Å². The van der Waals surface area contributed by atoms with Crippen molar-refractivity contribution < 1.29 is 14.4 Å². The molecular formula is C14H22N2O3. The summed E-state index contributed by atoms with van der Waals surface area (Å²) in [5.74, 6) is 0.846. The largest absolute Gasteiger partial charge is 0.396 e. The molecule has 19 heavy (non-hydrogen) atoms. The van der Waals surface area contributed by atoms with Crippen molar-refractivity contribution in [2.45, 2.75) is 39.5 Å². The van der Waals surface area contributed by atoms with Crippen molar-refractivity contribution in [3.8, 4) is 0 Å². The van der Waals surface area contributed by atoms with Crippen LogP contribution >= 0.6 is 0 Å². The zero-order valence-corrected chi connectivity index (χ0v) is 11.8. The fourth-order valence-corrected chi connectivity index (χ4v) is 2.44. The maximum absolute atomic E-state index is 12.4. The number of aliphatic hydroxyl groups is 1. The molecule has 1 aliphatic rings. The first kappa shape index (κ1) is 14.1. The summed E-state index contributed by atoms with van der Waals surface area (Å²) in [5.41, 5.74) is 0.171. The Morgan fingerprint density at radius 1 is 1.63 bits per heavy atom. The Hall–Kier alpha value is -1.36. The lowest BCUT2D eigenvalue weighted by Crippen LogP contribution is -2.46. The van der Waals surface area contributed by atoms with Crippen LogP contribution in [0.4, 0.5) is 0 Å². The molecule has 5 heteroatoms. The number of rotatable bonds is 3. The molecule has 0 saturated carbocycles. The van der Waals surface area contributed by atoms with Crippen LogP contribution in [0.1, 0.15) is 55.8 Å². The van der Waals surface area contributed by atoms with Gasteiger partial charge in [0.1, 0.15) is 5.76 Å². The fraction of sp³-hybridized carbons (Fsp3) is 0.714. The van der Waals surface area contributed by atoms with E-state index in [0.29, 0.717) is 12.2 Å². The molecule has 1 N–H and O–H groups in total. The SMILES string of the molecule is CC(C)c1cc(C(=O)N2CCCC(C)(CO)C2)no1. The number of nitrogens with zero attached hydrogens (tertiary/aromatic N) is 2. The predicted octanol–water partition coefficient (Wildman–Crippen LogP) is 2.03. The average molecular weight is 266 g/mol. The van der Waals surface area contributed by atoms with Gasteiger partial charge in [-0.2, -0.15) is 0 Å². The van der Waals surface area contributed by atoms with Crippen molar-refractivity contribution in [1.29, 1.82) is 0 Å². The number of likely N-dealkylation sites (tertiary alicyclic amines) is 1. The van der Waals surface area contributed by atoms with Gasteiger partial charge in [0.05, 0.1) is 6.61 Å². The normalized spacial score (nSPS) is 23.9. The number of aromatic nitrogens is 1. The van der Waals surface area contributed by atoms with E-state index in [-0.39, 0.29) is 23.8 Å². The Labute approximate surface area is 113 Å². The van der Waals surface area contributed by atoms with Gasteiger partial charge in [-0.1, -0.05) is 25.9 Å². The smallest absolute Gasteiger partial charge is 0.276 e. The van der Waals surface area contributed by atoms with Crippen LogP contribution in [0.25, 0.3) is 0 Å². The minimum atomic E-state index is -0.196. The molecule has 0 bridgehead atoms. The van der Waals surface area contributed by atoms with Gasteiger partial charge in [0.2, 0.25) is 0 Å². The van der Waals surface area contributed by atoms with E-state index in [4.69, 9.17) is 4.52 Å². The first-order valence-electron chi connectivity index (χ1n) is 6.82. The summed E-state index contributed by atoms with van der Waals surface area (Å²) in [7, 11) is 0. The van der Waals surface area contributed by atoms with Gasteiger partial charge >= 0.3 is 0 Å². The molecule has 1 aromatic heterocycles. The van der Waals surface area contributed by atoms with Gasteiger partial charge in [-0.25, -0.2) is 0 Å². The third kappa shape index (κ3) is 2.97. The summed E-state index contributed by atoms with van der Waals surface area (Å²) < 4.78 is 5.17. The highest BCUT2D eigenvalue weighted by atomic mass is 16.5. The monoisotopic (exact) mass is 266 g/mol. The molecule has 5 nitrogen and oxygen atoms in total. The van der Waals surface area contributed by atoms with E-state index in [1.54, 1.807) is 11.0 Å². The lowest BCUT2D eigenvalue weighted by molar-refractivity contribution is 0.0351. The number of carbonyl (C=O) groups excluding carboxylic acids is 1. The van der Waals surface area contributed by atoms with Gasteiger partial charge in [-0.3, -0.25) is 4.79 Å². The fourth-order valence-electron chi connectivity index (χ4n) is 2.44. The van der Waals surface area contributed by atoms with E-state index in [1.165, 1.54) is 0 Å². The van der Waals surface area contributed by atoms with Crippen molar-refractivity contribution in [2.24, 2.45) is 5.41 Å². The Morgan fingerprint density at radius 3 is 2.95 bits per heavy atom. The highest BCUT2D eigenvalue weighted by molar-refractivity contribution is 5.92. The molecule has 1 aliphatic heterocycles. The van der Waals surface area contributed by atoms with E-state index >= 15 is 0 Å². The van der Waals surface area contributed by atoms with E-state index in [0.717, 1.165) is 25.1 Å². The lowest BCUT2D eigenvalue weighted by Gasteiger charge is -2.38. The molecule has 2 heterocycles. The lowest BCUT2D eigenvalue weighted by atomic mass is 9.82. The second-order valence-corrected chi connectivity index (χ2v) is 6.07. The zero-order chi connectivity index (χ0) is 14.0. The molecule has 106 valence electrons. The van der Waals surface area contributed by atoms with Crippen LogP contribution in [0.2, 0.25) is 0 Å². The standard InChI is InChI=1S/C14H22N2O3/c1-10(2)12-7-11(15-19-12)13(18)16-6-4-5-14(3,8-16)9-17/h7,10,17H,4-6,8-9H2,1-3H3. The number of aliphatic hydroxyl groups excluding tert-OH is 1. The number of carbonyl (C=O) groups is 1. The summed E-state index contributed by atoms with van der Waals surface area (Å²) in [5, 5.41) is 13.3. The van der Waals surface area contributed by atoms with E-state index < -0.39 is 0 Å². The summed E-state index contributed by atoms with van der Waals surface area (Å²) >= 11 is 0. The van der Waals surface area contributed by atoms with E-state index in [9.17, 15) is 9.90 Å². The van der Waals surface area contributed by atoms with Crippen molar-refractivity contribution in [2.75, 3.05) is 19.7 Å². The van der Waals surface area contributed by atoms with Gasteiger partial charge in [-0.15, -0.1) is 0 Å². The van der Waals surface area contributed by atoms with E-state index in [2.05, 4.69) is 5.16 Å². The first-order chi connectivity index (χ1) is 8.95. The number of hydrogen-bond donors (Lipinski definition) is 1. The van der Waals surface area contributed by atoms with E-state index in [1.807, 2.05) is 20.8 Å². The molecule has 1 fully saturated rings. The van der Waals surface area contributed by atoms with Crippen molar-refractivity contribution in [3.05, 3.63) is 17.5 Å². The molecule has 0 aliphatic carbocycles. The second kappa shape index (κ2) is 5.33.